The molecule has 8 aromatic rings. The summed E-state index contributed by atoms with van der Waals surface area (Å²) in [6, 6.07) is 44.0. The Hall–Kier alpha value is -7.16. The van der Waals surface area contributed by atoms with E-state index in [9.17, 15) is 0 Å². The van der Waals surface area contributed by atoms with Crippen LogP contribution in [0.15, 0.2) is 154 Å². The number of benzene rings is 6. The van der Waals surface area contributed by atoms with Gasteiger partial charge in [0.05, 0.1) is 26.6 Å². The summed E-state index contributed by atoms with van der Waals surface area (Å²) in [6.45, 7) is 4.64. The Labute approximate surface area is 380 Å². The highest BCUT2D eigenvalue weighted by molar-refractivity contribution is 7.98. The fraction of sp³-hybridized carbons (Fsp3) is 0.160. The van der Waals surface area contributed by atoms with Gasteiger partial charge in [-0.05, 0) is 50.2 Å². The quantitative estimate of drug-likeness (QED) is 0.169. The van der Waals surface area contributed by atoms with Crippen LogP contribution in [0, 0.1) is 13.8 Å². The summed E-state index contributed by atoms with van der Waals surface area (Å²) in [5, 5.41) is 29.8. The summed E-state index contributed by atoms with van der Waals surface area (Å²) in [6.07, 6.45) is 3.58. The van der Waals surface area contributed by atoms with Gasteiger partial charge < -0.3 is 18.9 Å². The van der Waals surface area contributed by atoms with E-state index in [4.69, 9.17) is 29.2 Å². The van der Waals surface area contributed by atoms with Crippen LogP contribution < -0.4 is 18.9 Å². The highest BCUT2D eigenvalue weighted by Crippen LogP contribution is 2.37. The molecule has 0 saturated heterocycles. The van der Waals surface area contributed by atoms with Crippen LogP contribution in [0.2, 0.25) is 0 Å². The molecule has 0 aliphatic carbocycles. The lowest BCUT2D eigenvalue weighted by Crippen LogP contribution is -2.07. The van der Waals surface area contributed by atoms with Crippen LogP contribution in [0.1, 0.15) is 44.5 Å². The van der Waals surface area contributed by atoms with Crippen LogP contribution in [0.25, 0.3) is 22.8 Å². The van der Waals surface area contributed by atoms with Gasteiger partial charge in [-0.15, -0.1) is 20.4 Å². The van der Waals surface area contributed by atoms with Crippen LogP contribution in [-0.2, 0) is 24.7 Å². The zero-order valence-electron chi connectivity index (χ0n) is 35.7. The average molecular weight is 885 g/mol. The van der Waals surface area contributed by atoms with E-state index in [0.717, 1.165) is 61.4 Å². The molecule has 12 nitrogen and oxygen atoms in total. The second kappa shape index (κ2) is 19.5. The number of hydrogen-bond donors (Lipinski definition) is 0. The summed E-state index contributed by atoms with van der Waals surface area (Å²) in [5.41, 5.74) is 9.29. The second-order valence-corrected chi connectivity index (χ2v) is 16.8. The number of hydrogen-bond acceptors (Lipinski definition) is 12. The fourth-order valence-electron chi connectivity index (χ4n) is 7.54. The molecule has 0 unspecified atom stereocenters. The Bertz CT molecular complexity index is 2780. The Kier molecular flexibility index (Phi) is 12.8. The van der Waals surface area contributed by atoms with E-state index in [1.54, 1.807) is 36.0 Å². The van der Waals surface area contributed by atoms with E-state index >= 15 is 0 Å². The topological polar surface area (TPSA) is 123 Å². The molecular formula is C50H44N8O4S2. The van der Waals surface area contributed by atoms with Gasteiger partial charge in [-0.1, -0.05) is 132 Å². The van der Waals surface area contributed by atoms with Crippen LogP contribution in [0.3, 0.4) is 0 Å². The monoisotopic (exact) mass is 884 g/mol. The minimum Gasteiger partial charge on any atom is -0.496 e. The number of rotatable bonds is 4. The lowest BCUT2D eigenvalue weighted by molar-refractivity contribution is 0.282. The van der Waals surface area contributed by atoms with Crippen LogP contribution in [0.5, 0.6) is 23.0 Å². The summed E-state index contributed by atoms with van der Waals surface area (Å²) < 4.78 is 28.8. The van der Waals surface area contributed by atoms with Gasteiger partial charge in [0.25, 0.3) is 0 Å². The first-order valence-electron chi connectivity index (χ1n) is 20.6. The Morgan fingerprint density at radius 3 is 1.31 bits per heavy atom. The minimum absolute atomic E-state index is 0.248. The molecule has 4 bridgehead atoms. The number of thioether (sulfide) groups is 2. The molecule has 0 radical (unpaired) electrons. The second-order valence-electron chi connectivity index (χ2n) is 14.9. The van der Waals surface area contributed by atoms with Crippen LogP contribution >= 0.6 is 23.5 Å². The molecule has 1 aliphatic heterocycles. The van der Waals surface area contributed by atoms with E-state index in [0.29, 0.717) is 50.7 Å². The first kappa shape index (κ1) is 42.2. The smallest absolute Gasteiger partial charge is 0.212 e. The third-order valence-electron chi connectivity index (χ3n) is 10.4. The number of para-hydroxylation sites is 2. The van der Waals surface area contributed by atoms with Crippen molar-refractivity contribution < 1.29 is 18.9 Å². The Balaban J connectivity index is 1.15. The predicted molar refractivity (Wildman–Crippen MR) is 253 cm³/mol. The first-order valence-corrected chi connectivity index (χ1v) is 22.5. The number of aryl methyl sites for hydroxylation is 2. The van der Waals surface area contributed by atoms with Gasteiger partial charge in [-0.2, -0.15) is 19.6 Å². The molecule has 6 aromatic carbocycles. The van der Waals surface area contributed by atoms with Crippen molar-refractivity contribution in [1.29, 1.82) is 0 Å². The Morgan fingerprint density at radius 2 is 0.875 bits per heavy atom. The van der Waals surface area contributed by atoms with Gasteiger partial charge in [0, 0.05) is 56.0 Å². The van der Waals surface area contributed by atoms with Crippen molar-refractivity contribution in [3.05, 3.63) is 178 Å². The van der Waals surface area contributed by atoms with Crippen molar-refractivity contribution in [3.8, 4) is 45.8 Å². The summed E-state index contributed by atoms with van der Waals surface area (Å²) >= 11 is 3.07. The third kappa shape index (κ3) is 9.29. The molecular weight excluding hydrogens is 841 g/mol. The van der Waals surface area contributed by atoms with E-state index in [1.165, 1.54) is 23.5 Å². The first-order chi connectivity index (χ1) is 31.4. The van der Waals surface area contributed by atoms with Gasteiger partial charge in [0.15, 0.2) is 11.6 Å². The van der Waals surface area contributed by atoms with E-state index < -0.39 is 0 Å². The van der Waals surface area contributed by atoms with Gasteiger partial charge in [-0.3, -0.25) is 0 Å². The molecule has 2 aromatic heterocycles. The molecule has 0 atom stereocenters. The fourth-order valence-corrected chi connectivity index (χ4v) is 9.24. The SMILES string of the molecule is COc1c2cc(C)cc1COc1ccccc1/C=N/n1c(nnc1-c1ccccc1)SCc1cc(C)cc(c1OC)CSc1nnc(-c3ccccc3)n1/N=C/c1ccccc1OC2. The van der Waals surface area contributed by atoms with Crippen molar-refractivity contribution in [2.45, 2.75) is 48.9 Å². The third-order valence-corrected chi connectivity index (χ3v) is 12.3. The van der Waals surface area contributed by atoms with Gasteiger partial charge in [-0.25, -0.2) is 0 Å². The van der Waals surface area contributed by atoms with Crippen molar-refractivity contribution in [2.24, 2.45) is 10.2 Å². The molecule has 14 heteroatoms. The van der Waals surface area contributed by atoms with Crippen molar-refractivity contribution >= 4 is 36.0 Å². The van der Waals surface area contributed by atoms with E-state index in [1.807, 2.05) is 109 Å². The molecule has 0 fully saturated rings. The van der Waals surface area contributed by atoms with Gasteiger partial charge >= 0.3 is 0 Å². The molecule has 3 heterocycles. The molecule has 0 amide bonds. The van der Waals surface area contributed by atoms with Gasteiger partial charge in [0.1, 0.15) is 36.2 Å². The summed E-state index contributed by atoms with van der Waals surface area (Å²) in [5.74, 6) is 5.12. The average Bonchev–Trinajstić information content (AvgIpc) is 3.94. The number of nitrogens with zero attached hydrogens (tertiary/aromatic N) is 8. The molecule has 0 N–H and O–H groups in total. The Morgan fingerprint density at radius 1 is 0.484 bits per heavy atom. The van der Waals surface area contributed by atoms with E-state index in [2.05, 4.69) is 58.5 Å². The standard InChI is InChI=1S/C50H44N8O4S2/c1-33-23-39-29-61-43-21-13-11-19-37(43)27-51-57-47(35-15-7-5-8-16-35)53-55-49(57)63-31-41-25-34(2)26-42(46(41)60-4)32-64-50-56-54-48(36-17-9-6-10-18-36)58(50)52-28-38-20-12-14-22-44(38)62-30-40(24-33)45(39)59-3/h5-28H,29-32H2,1-4H3/b51-27+,52-28+. The summed E-state index contributed by atoms with van der Waals surface area (Å²) in [4.78, 5) is 0. The van der Waals surface area contributed by atoms with Crippen LogP contribution in [-0.4, -0.2) is 56.4 Å². The molecule has 64 heavy (non-hydrogen) atoms. The minimum atomic E-state index is 0.248. The van der Waals surface area contributed by atoms with Crippen LogP contribution in [0.4, 0.5) is 0 Å². The zero-order chi connectivity index (χ0) is 43.8. The number of ether oxygens (including phenoxy) is 4. The zero-order valence-corrected chi connectivity index (χ0v) is 37.3. The number of methoxy groups -OCH3 is 2. The highest BCUT2D eigenvalue weighted by Gasteiger charge is 2.20. The van der Waals surface area contributed by atoms with E-state index in [-0.39, 0.29) is 13.2 Å². The van der Waals surface area contributed by atoms with Gasteiger partial charge in [0.2, 0.25) is 10.3 Å². The molecule has 1 aliphatic rings. The molecule has 320 valence electrons. The van der Waals surface area contributed by atoms with Crippen molar-refractivity contribution in [3.63, 3.8) is 0 Å². The molecule has 0 spiro atoms. The largest absolute Gasteiger partial charge is 0.496 e. The molecule has 0 saturated carbocycles. The lowest BCUT2D eigenvalue weighted by atomic mass is 10.1. The number of aromatic nitrogens is 6. The maximum atomic E-state index is 6.55. The summed E-state index contributed by atoms with van der Waals surface area (Å²) in [7, 11) is 3.38. The maximum absolute atomic E-state index is 6.55. The highest BCUT2D eigenvalue weighted by atomic mass is 32.2. The molecule has 9 rings (SSSR count). The number of fused-ring (bicyclic) bond motifs is 8. The van der Waals surface area contributed by atoms with Crippen molar-refractivity contribution in [1.82, 2.24) is 29.7 Å². The predicted octanol–water partition coefficient (Wildman–Crippen LogP) is 10.7. The normalized spacial score (nSPS) is 14.1. The lowest BCUT2D eigenvalue weighted by Gasteiger charge is -2.17. The van der Waals surface area contributed by atoms with Crippen molar-refractivity contribution in [2.75, 3.05) is 14.2 Å². The maximum Gasteiger partial charge on any atom is 0.212 e.